The van der Waals surface area contributed by atoms with Crippen molar-refractivity contribution in [2.75, 3.05) is 18.1 Å². The number of rotatable bonds is 5. The second-order valence-corrected chi connectivity index (χ2v) is 6.42. The Morgan fingerprint density at radius 3 is 2.64 bits per heavy atom. The Morgan fingerprint density at radius 2 is 1.96 bits per heavy atom. The van der Waals surface area contributed by atoms with Crippen LogP contribution in [0.1, 0.15) is 24.1 Å². The van der Waals surface area contributed by atoms with E-state index < -0.39 is 6.04 Å². The summed E-state index contributed by atoms with van der Waals surface area (Å²) in [6, 6.07) is 12.3. The van der Waals surface area contributed by atoms with Crippen LogP contribution in [0.25, 0.3) is 0 Å². The fourth-order valence-corrected chi connectivity index (χ4v) is 3.05. The van der Waals surface area contributed by atoms with Gasteiger partial charge in [-0.25, -0.2) is 0 Å². The molecule has 2 aromatic carbocycles. The molecule has 0 spiro atoms. The van der Waals surface area contributed by atoms with E-state index >= 15 is 0 Å². The van der Waals surface area contributed by atoms with Gasteiger partial charge in [0.05, 0.1) is 6.54 Å². The third-order valence-electron chi connectivity index (χ3n) is 4.06. The number of nitrogens with zero attached hydrogens (tertiary/aromatic N) is 1. The second kappa shape index (κ2) is 7.15. The monoisotopic (exact) mass is 358 g/mol. The van der Waals surface area contributed by atoms with Crippen LogP contribution in [-0.2, 0) is 9.59 Å². The zero-order chi connectivity index (χ0) is 18.0. The molecular formula is C19H19ClN2O3. The van der Waals surface area contributed by atoms with Crippen LogP contribution in [0.15, 0.2) is 42.5 Å². The first-order valence-corrected chi connectivity index (χ1v) is 8.41. The number of carbonyl (C=O) groups excluding carboxylic acids is 2. The van der Waals surface area contributed by atoms with Gasteiger partial charge in [-0.15, -0.1) is 0 Å². The van der Waals surface area contributed by atoms with Crippen molar-refractivity contribution in [1.82, 2.24) is 5.32 Å². The van der Waals surface area contributed by atoms with E-state index in [0.717, 1.165) is 17.0 Å². The lowest BCUT2D eigenvalue weighted by molar-refractivity contribution is -0.126. The number of carbonyl (C=O) groups is 2. The lowest BCUT2D eigenvalue weighted by Gasteiger charge is -2.18. The molecule has 1 unspecified atom stereocenters. The van der Waals surface area contributed by atoms with Crippen molar-refractivity contribution in [2.24, 2.45) is 0 Å². The Bertz CT molecular complexity index is 805. The average molecular weight is 359 g/mol. The Hall–Kier alpha value is -2.53. The van der Waals surface area contributed by atoms with Crippen molar-refractivity contribution < 1.29 is 14.3 Å². The molecule has 3 rings (SSSR count). The summed E-state index contributed by atoms with van der Waals surface area (Å²) in [7, 11) is 0. The van der Waals surface area contributed by atoms with Gasteiger partial charge in [-0.05, 0) is 37.3 Å². The molecule has 1 aliphatic rings. The summed E-state index contributed by atoms with van der Waals surface area (Å²) >= 11 is 6.05. The molecule has 1 atom stereocenters. The number of hydrogen-bond donors (Lipinski definition) is 1. The van der Waals surface area contributed by atoms with Crippen molar-refractivity contribution in [3.63, 3.8) is 0 Å². The minimum atomic E-state index is -0.703. The van der Waals surface area contributed by atoms with Crippen LogP contribution in [0, 0.1) is 6.92 Å². The normalized spacial score (nSPS) is 15.9. The Labute approximate surface area is 151 Å². The van der Waals surface area contributed by atoms with Crippen LogP contribution >= 0.6 is 11.6 Å². The number of nitrogens with one attached hydrogen (secondary N) is 1. The summed E-state index contributed by atoms with van der Waals surface area (Å²) in [6.07, 6.45) is 0. The molecule has 0 saturated heterocycles. The molecule has 5 nitrogen and oxygen atoms in total. The summed E-state index contributed by atoms with van der Waals surface area (Å²) in [5.74, 6) is 0.314. The van der Waals surface area contributed by atoms with Crippen LogP contribution in [-0.4, -0.2) is 25.0 Å². The second-order valence-electron chi connectivity index (χ2n) is 5.99. The maximum atomic E-state index is 12.7. The molecule has 25 heavy (non-hydrogen) atoms. The number of benzene rings is 2. The van der Waals surface area contributed by atoms with Gasteiger partial charge in [-0.3, -0.25) is 9.59 Å². The number of fused-ring (bicyclic) bond motifs is 1. The average Bonchev–Trinajstić information content (AvgIpc) is 2.81. The van der Waals surface area contributed by atoms with Gasteiger partial charge in [0.15, 0.2) is 0 Å². The van der Waals surface area contributed by atoms with E-state index in [1.165, 1.54) is 6.92 Å². The third-order valence-corrected chi connectivity index (χ3v) is 4.29. The van der Waals surface area contributed by atoms with Gasteiger partial charge in [-0.2, -0.15) is 0 Å². The minimum absolute atomic E-state index is 0.181. The summed E-state index contributed by atoms with van der Waals surface area (Å²) in [4.78, 5) is 25.8. The highest BCUT2D eigenvalue weighted by molar-refractivity contribution is 6.31. The van der Waals surface area contributed by atoms with E-state index in [4.69, 9.17) is 16.3 Å². The zero-order valence-electron chi connectivity index (χ0n) is 14.1. The Kier molecular flexibility index (Phi) is 4.95. The van der Waals surface area contributed by atoms with Crippen molar-refractivity contribution in [3.8, 4) is 5.75 Å². The van der Waals surface area contributed by atoms with Crippen molar-refractivity contribution in [2.45, 2.75) is 19.9 Å². The largest absolute Gasteiger partial charge is 0.492 e. The number of aryl methyl sites for hydroxylation is 1. The lowest BCUT2D eigenvalue weighted by Crippen LogP contribution is -2.38. The van der Waals surface area contributed by atoms with Crippen LogP contribution < -0.4 is 15.0 Å². The van der Waals surface area contributed by atoms with Crippen molar-refractivity contribution in [1.29, 1.82) is 0 Å². The first-order valence-electron chi connectivity index (χ1n) is 8.03. The quantitative estimate of drug-likeness (QED) is 0.892. The van der Waals surface area contributed by atoms with Crippen molar-refractivity contribution in [3.05, 3.63) is 58.6 Å². The van der Waals surface area contributed by atoms with E-state index in [0.29, 0.717) is 23.7 Å². The lowest BCUT2D eigenvalue weighted by atomic mass is 10.1. The highest BCUT2D eigenvalue weighted by Crippen LogP contribution is 2.37. The molecule has 0 radical (unpaired) electrons. The highest BCUT2D eigenvalue weighted by atomic mass is 35.5. The molecule has 0 saturated carbocycles. The SMILES string of the molecule is CC(=O)NC1C(=O)N(CCOc2ccc(C)cc2)c2ccc(Cl)cc21. The molecule has 0 aromatic heterocycles. The third kappa shape index (κ3) is 3.77. The maximum absolute atomic E-state index is 12.7. The predicted octanol–water partition coefficient (Wildman–Crippen LogP) is 3.25. The first-order chi connectivity index (χ1) is 12.0. The van der Waals surface area contributed by atoms with Crippen molar-refractivity contribution >= 4 is 29.1 Å². The smallest absolute Gasteiger partial charge is 0.254 e. The molecule has 1 heterocycles. The molecule has 6 heteroatoms. The Morgan fingerprint density at radius 1 is 1.24 bits per heavy atom. The highest BCUT2D eigenvalue weighted by Gasteiger charge is 2.37. The van der Waals surface area contributed by atoms with E-state index in [1.54, 1.807) is 23.1 Å². The molecular weight excluding hydrogens is 340 g/mol. The first kappa shape index (κ1) is 17.3. The molecule has 0 aliphatic carbocycles. The fourth-order valence-electron chi connectivity index (χ4n) is 2.87. The van der Waals surface area contributed by atoms with E-state index in [2.05, 4.69) is 5.32 Å². The molecule has 2 amide bonds. The van der Waals surface area contributed by atoms with E-state index in [1.807, 2.05) is 31.2 Å². The van der Waals surface area contributed by atoms with Crippen LogP contribution in [0.3, 0.4) is 0 Å². The topological polar surface area (TPSA) is 58.6 Å². The molecule has 2 aromatic rings. The Balaban J connectivity index is 1.74. The number of amides is 2. The van der Waals surface area contributed by atoms with Crippen LogP contribution in [0.2, 0.25) is 5.02 Å². The number of hydrogen-bond acceptors (Lipinski definition) is 3. The predicted molar refractivity (Wildman–Crippen MR) is 97.0 cm³/mol. The van der Waals surface area contributed by atoms with Gasteiger partial charge in [0.1, 0.15) is 18.4 Å². The van der Waals surface area contributed by atoms with Crippen LogP contribution in [0.4, 0.5) is 5.69 Å². The standard InChI is InChI=1S/C19H19ClN2O3/c1-12-3-6-15(7-4-12)25-10-9-22-17-8-5-14(20)11-16(17)18(19(22)24)21-13(2)23/h3-8,11,18H,9-10H2,1-2H3,(H,21,23). The summed E-state index contributed by atoms with van der Waals surface area (Å²) in [6.45, 7) is 4.14. The minimum Gasteiger partial charge on any atom is -0.492 e. The molecule has 0 bridgehead atoms. The fraction of sp³-hybridized carbons (Fsp3) is 0.263. The van der Waals surface area contributed by atoms with E-state index in [-0.39, 0.29) is 11.8 Å². The zero-order valence-corrected chi connectivity index (χ0v) is 14.8. The van der Waals surface area contributed by atoms with Gasteiger partial charge in [0.2, 0.25) is 5.91 Å². The number of anilines is 1. The number of halogens is 1. The van der Waals surface area contributed by atoms with Gasteiger partial charge in [0, 0.05) is 23.2 Å². The van der Waals surface area contributed by atoms with Gasteiger partial charge >= 0.3 is 0 Å². The van der Waals surface area contributed by atoms with E-state index in [9.17, 15) is 9.59 Å². The summed E-state index contributed by atoms with van der Waals surface area (Å²) < 4.78 is 5.72. The maximum Gasteiger partial charge on any atom is 0.254 e. The van der Waals surface area contributed by atoms with Gasteiger partial charge in [0.25, 0.3) is 5.91 Å². The number of ether oxygens (including phenoxy) is 1. The van der Waals surface area contributed by atoms with Gasteiger partial charge < -0.3 is 15.0 Å². The summed E-state index contributed by atoms with van der Waals surface area (Å²) in [5, 5.41) is 3.22. The molecule has 130 valence electrons. The molecule has 1 N–H and O–H groups in total. The van der Waals surface area contributed by atoms with Gasteiger partial charge in [-0.1, -0.05) is 29.3 Å². The molecule has 0 fully saturated rings. The molecule has 1 aliphatic heterocycles. The summed E-state index contributed by atoms with van der Waals surface area (Å²) in [5.41, 5.74) is 2.62. The van der Waals surface area contributed by atoms with Crippen LogP contribution in [0.5, 0.6) is 5.75 Å².